The van der Waals surface area contributed by atoms with E-state index in [9.17, 15) is 8.42 Å². The molecule has 0 saturated heterocycles. The highest BCUT2D eigenvalue weighted by Gasteiger charge is 2.12. The summed E-state index contributed by atoms with van der Waals surface area (Å²) in [5.74, 6) is 0.517. The van der Waals surface area contributed by atoms with E-state index in [-0.39, 0.29) is 4.90 Å². The Hall–Kier alpha value is -1.09. The summed E-state index contributed by atoms with van der Waals surface area (Å²) in [6, 6.07) is 8.73. The molecule has 104 valence electrons. The Morgan fingerprint density at radius 1 is 1.21 bits per heavy atom. The lowest BCUT2D eigenvalue weighted by atomic mass is 10.2. The molecule has 0 saturated carbocycles. The van der Waals surface area contributed by atoms with E-state index in [0.717, 1.165) is 12.0 Å². The van der Waals surface area contributed by atoms with Gasteiger partial charge in [-0.15, -0.1) is 11.6 Å². The van der Waals surface area contributed by atoms with Crippen LogP contribution in [0.3, 0.4) is 0 Å². The van der Waals surface area contributed by atoms with E-state index in [2.05, 4.69) is 4.72 Å². The molecule has 0 aliphatic heterocycles. The van der Waals surface area contributed by atoms with Gasteiger partial charge in [-0.25, -0.2) is 13.1 Å². The quantitative estimate of drug-likeness (QED) is 0.592. The molecule has 0 bridgehead atoms. The number of hydrogen-bond donors (Lipinski definition) is 1. The summed E-state index contributed by atoms with van der Waals surface area (Å²) in [7, 11) is -3.45. The highest BCUT2D eigenvalue weighted by Crippen LogP contribution is 2.11. The van der Waals surface area contributed by atoms with Crippen molar-refractivity contribution in [1.29, 1.82) is 5.26 Å². The number of benzene rings is 1. The molecule has 19 heavy (non-hydrogen) atoms. The van der Waals surface area contributed by atoms with Crippen LogP contribution in [0.25, 0.3) is 0 Å². The number of nitrogens with one attached hydrogen (secondary N) is 1. The van der Waals surface area contributed by atoms with Gasteiger partial charge in [0.05, 0.1) is 11.0 Å². The Labute approximate surface area is 119 Å². The van der Waals surface area contributed by atoms with Crippen molar-refractivity contribution < 1.29 is 8.42 Å². The monoisotopic (exact) mass is 300 g/mol. The standard InChI is InChI=1S/C13H17ClN2O2S/c14-9-8-12-4-6-13(7-5-12)19(17,18)16-11-3-1-2-10-15/h4-7,16H,1-3,8-9,11H2. The van der Waals surface area contributed by atoms with Gasteiger partial charge >= 0.3 is 0 Å². The van der Waals surface area contributed by atoms with Crippen molar-refractivity contribution in [2.75, 3.05) is 12.4 Å². The molecule has 0 spiro atoms. The number of aryl methyl sites for hydroxylation is 1. The topological polar surface area (TPSA) is 70.0 Å². The Balaban J connectivity index is 2.54. The summed E-state index contributed by atoms with van der Waals surface area (Å²) < 4.78 is 26.4. The lowest BCUT2D eigenvalue weighted by Crippen LogP contribution is -2.24. The maximum atomic E-state index is 11.9. The molecule has 1 N–H and O–H groups in total. The first-order valence-corrected chi connectivity index (χ1v) is 8.13. The van der Waals surface area contributed by atoms with Crippen LogP contribution in [0.1, 0.15) is 24.8 Å². The molecule has 0 amide bonds. The first-order valence-electron chi connectivity index (χ1n) is 6.11. The van der Waals surface area contributed by atoms with E-state index in [1.807, 2.05) is 6.07 Å². The summed E-state index contributed by atoms with van der Waals surface area (Å²) in [5, 5.41) is 8.38. The van der Waals surface area contributed by atoms with Crippen LogP contribution in [-0.4, -0.2) is 20.8 Å². The number of nitriles is 1. The molecule has 0 atom stereocenters. The fraction of sp³-hybridized carbons (Fsp3) is 0.462. The SMILES string of the molecule is N#CCCCCNS(=O)(=O)c1ccc(CCCl)cc1. The molecule has 0 fully saturated rings. The van der Waals surface area contributed by atoms with Gasteiger partial charge < -0.3 is 0 Å². The molecule has 6 heteroatoms. The molecule has 4 nitrogen and oxygen atoms in total. The number of nitrogens with zero attached hydrogens (tertiary/aromatic N) is 1. The minimum atomic E-state index is -3.45. The van der Waals surface area contributed by atoms with Crippen LogP contribution >= 0.6 is 11.6 Å². The molecule has 0 aromatic heterocycles. The Morgan fingerprint density at radius 2 is 1.89 bits per heavy atom. The minimum Gasteiger partial charge on any atom is -0.211 e. The van der Waals surface area contributed by atoms with Gasteiger partial charge in [0.15, 0.2) is 0 Å². The number of hydrogen-bond acceptors (Lipinski definition) is 3. The zero-order chi connectivity index (χ0) is 14.1. The second-order valence-electron chi connectivity index (χ2n) is 4.10. The summed E-state index contributed by atoms with van der Waals surface area (Å²) in [6.45, 7) is 0.355. The van der Waals surface area contributed by atoms with Crippen molar-refractivity contribution in [2.24, 2.45) is 0 Å². The number of sulfonamides is 1. The summed E-state index contributed by atoms with van der Waals surface area (Å²) >= 11 is 5.62. The van der Waals surface area contributed by atoms with Gasteiger partial charge in [-0.2, -0.15) is 5.26 Å². The number of alkyl halides is 1. The summed E-state index contributed by atoms with van der Waals surface area (Å²) in [4.78, 5) is 0.256. The van der Waals surface area contributed by atoms with Crippen molar-refractivity contribution in [3.63, 3.8) is 0 Å². The average Bonchev–Trinajstić information content (AvgIpc) is 2.39. The van der Waals surface area contributed by atoms with Gasteiger partial charge in [-0.05, 0) is 37.0 Å². The normalized spacial score (nSPS) is 11.2. The Kier molecular flexibility index (Phi) is 6.85. The largest absolute Gasteiger partial charge is 0.240 e. The van der Waals surface area contributed by atoms with Crippen LogP contribution in [0, 0.1) is 11.3 Å². The van der Waals surface area contributed by atoms with E-state index in [0.29, 0.717) is 31.7 Å². The lowest BCUT2D eigenvalue weighted by molar-refractivity contribution is 0.577. The third kappa shape index (κ3) is 5.60. The van der Waals surface area contributed by atoms with Crippen LogP contribution in [-0.2, 0) is 16.4 Å². The molecule has 0 aliphatic carbocycles. The molecular weight excluding hydrogens is 284 g/mol. The van der Waals surface area contributed by atoms with E-state index in [4.69, 9.17) is 16.9 Å². The van der Waals surface area contributed by atoms with Crippen LogP contribution in [0.15, 0.2) is 29.2 Å². The summed E-state index contributed by atoms with van der Waals surface area (Å²) in [6.07, 6.45) is 2.54. The molecule has 1 aromatic rings. The van der Waals surface area contributed by atoms with Crippen LogP contribution in [0.4, 0.5) is 0 Å². The molecule has 0 radical (unpaired) electrons. The fourth-order valence-corrected chi connectivity index (χ4v) is 2.86. The third-order valence-corrected chi connectivity index (χ3v) is 4.29. The molecule has 1 aromatic carbocycles. The minimum absolute atomic E-state index is 0.256. The van der Waals surface area contributed by atoms with E-state index >= 15 is 0 Å². The number of rotatable bonds is 8. The second-order valence-corrected chi connectivity index (χ2v) is 6.24. The first kappa shape index (κ1) is 16.0. The maximum Gasteiger partial charge on any atom is 0.240 e. The van der Waals surface area contributed by atoms with Crippen molar-refractivity contribution >= 4 is 21.6 Å². The zero-order valence-electron chi connectivity index (χ0n) is 10.6. The van der Waals surface area contributed by atoms with Gasteiger partial charge in [0.1, 0.15) is 0 Å². The van der Waals surface area contributed by atoms with Crippen molar-refractivity contribution in [3.8, 4) is 6.07 Å². The van der Waals surface area contributed by atoms with Crippen molar-refractivity contribution in [1.82, 2.24) is 4.72 Å². The van der Waals surface area contributed by atoms with Crippen LogP contribution in [0.5, 0.6) is 0 Å². The predicted octanol–water partition coefficient (Wildman–Crippen LogP) is 2.44. The maximum absolute atomic E-state index is 11.9. The smallest absolute Gasteiger partial charge is 0.211 e. The van der Waals surface area contributed by atoms with Gasteiger partial charge in [-0.3, -0.25) is 0 Å². The van der Waals surface area contributed by atoms with E-state index in [1.54, 1.807) is 24.3 Å². The molecule has 0 unspecified atom stereocenters. The Bertz CT molecular complexity index is 521. The van der Waals surface area contributed by atoms with Gasteiger partial charge in [0.25, 0.3) is 0 Å². The van der Waals surface area contributed by atoms with Crippen LogP contribution in [0.2, 0.25) is 0 Å². The van der Waals surface area contributed by atoms with E-state index < -0.39 is 10.0 Å². The Morgan fingerprint density at radius 3 is 2.47 bits per heavy atom. The zero-order valence-corrected chi connectivity index (χ0v) is 12.2. The fourth-order valence-electron chi connectivity index (χ4n) is 1.56. The van der Waals surface area contributed by atoms with Gasteiger partial charge in [-0.1, -0.05) is 12.1 Å². The average molecular weight is 301 g/mol. The predicted molar refractivity (Wildman–Crippen MR) is 75.5 cm³/mol. The summed E-state index contributed by atoms with van der Waals surface area (Å²) in [5.41, 5.74) is 1.02. The second kappa shape index (κ2) is 8.16. The number of halogens is 1. The molecule has 0 aliphatic rings. The molecule has 1 rings (SSSR count). The molecule has 0 heterocycles. The number of unbranched alkanes of at least 4 members (excludes halogenated alkanes) is 2. The first-order chi connectivity index (χ1) is 9.10. The highest BCUT2D eigenvalue weighted by molar-refractivity contribution is 7.89. The van der Waals surface area contributed by atoms with E-state index in [1.165, 1.54) is 0 Å². The van der Waals surface area contributed by atoms with Crippen molar-refractivity contribution in [2.45, 2.75) is 30.6 Å². The third-order valence-electron chi connectivity index (χ3n) is 2.62. The molecular formula is C13H17ClN2O2S. The lowest BCUT2D eigenvalue weighted by Gasteiger charge is -2.07. The van der Waals surface area contributed by atoms with Crippen molar-refractivity contribution in [3.05, 3.63) is 29.8 Å². The van der Waals surface area contributed by atoms with Gasteiger partial charge in [0, 0.05) is 18.8 Å². The van der Waals surface area contributed by atoms with Gasteiger partial charge in [0.2, 0.25) is 10.0 Å². The van der Waals surface area contributed by atoms with Crippen LogP contribution < -0.4 is 4.72 Å². The highest BCUT2D eigenvalue weighted by atomic mass is 35.5.